The molecule has 0 aliphatic heterocycles. The second-order valence-corrected chi connectivity index (χ2v) is 8.11. The normalized spacial score (nSPS) is 13.8. The van der Waals surface area contributed by atoms with Crippen molar-refractivity contribution in [1.82, 2.24) is 15.3 Å². The second-order valence-electron chi connectivity index (χ2n) is 8.11. The molecule has 1 fully saturated rings. The summed E-state index contributed by atoms with van der Waals surface area (Å²) in [5.74, 6) is -0.360. The van der Waals surface area contributed by atoms with Crippen molar-refractivity contribution in [3.63, 3.8) is 0 Å². The molecule has 190 valence electrons. The van der Waals surface area contributed by atoms with Crippen molar-refractivity contribution in [2.24, 2.45) is 11.7 Å². The maximum atomic E-state index is 12.9. The lowest BCUT2D eigenvalue weighted by atomic mass is 10.2. The summed E-state index contributed by atoms with van der Waals surface area (Å²) >= 11 is 0. The molecular formula is C24H24F2N4O6. The Bertz CT molecular complexity index is 1220. The van der Waals surface area contributed by atoms with Gasteiger partial charge < -0.3 is 29.7 Å². The second kappa shape index (κ2) is 11.0. The lowest BCUT2D eigenvalue weighted by Gasteiger charge is -2.13. The van der Waals surface area contributed by atoms with Gasteiger partial charge in [0.2, 0.25) is 5.89 Å². The Morgan fingerprint density at radius 2 is 2.03 bits per heavy atom. The van der Waals surface area contributed by atoms with E-state index in [-0.39, 0.29) is 35.4 Å². The van der Waals surface area contributed by atoms with Gasteiger partial charge in [-0.25, -0.2) is 9.78 Å². The van der Waals surface area contributed by atoms with E-state index in [1.54, 1.807) is 24.4 Å². The number of benzene rings is 1. The number of nitrogens with zero attached hydrogens (tertiary/aromatic N) is 2. The van der Waals surface area contributed by atoms with Crippen molar-refractivity contribution >= 4 is 12.0 Å². The molecule has 2 amide bonds. The fourth-order valence-electron chi connectivity index (χ4n) is 3.32. The Kier molecular flexibility index (Phi) is 7.62. The zero-order valence-electron chi connectivity index (χ0n) is 19.3. The highest BCUT2D eigenvalue weighted by molar-refractivity contribution is 5.94. The van der Waals surface area contributed by atoms with E-state index in [0.29, 0.717) is 23.8 Å². The molecule has 0 saturated heterocycles. The highest BCUT2D eigenvalue weighted by Gasteiger charge is 2.28. The number of pyridine rings is 1. The maximum absolute atomic E-state index is 12.9. The van der Waals surface area contributed by atoms with Crippen LogP contribution >= 0.6 is 0 Å². The van der Waals surface area contributed by atoms with E-state index in [2.05, 4.69) is 20.0 Å². The molecule has 36 heavy (non-hydrogen) atoms. The van der Waals surface area contributed by atoms with E-state index in [9.17, 15) is 18.4 Å². The summed E-state index contributed by atoms with van der Waals surface area (Å²) in [6, 6.07) is 9.44. The number of aromatic nitrogens is 2. The predicted molar refractivity (Wildman–Crippen MR) is 121 cm³/mol. The topological polar surface area (TPSA) is 139 Å². The number of alkyl halides is 2. The summed E-state index contributed by atoms with van der Waals surface area (Å²) in [5.41, 5.74) is 5.94. The van der Waals surface area contributed by atoms with E-state index in [4.69, 9.17) is 19.6 Å². The monoisotopic (exact) mass is 502 g/mol. The molecule has 0 radical (unpaired) electrons. The van der Waals surface area contributed by atoms with Gasteiger partial charge in [0, 0.05) is 11.8 Å². The van der Waals surface area contributed by atoms with E-state index >= 15 is 0 Å². The number of nitrogens with two attached hydrogens (primary N) is 1. The fourth-order valence-corrected chi connectivity index (χ4v) is 3.32. The average molecular weight is 502 g/mol. The minimum atomic E-state index is -3.03. The summed E-state index contributed by atoms with van der Waals surface area (Å²) in [4.78, 5) is 32.7. The Hall–Kier alpha value is -4.22. The third kappa shape index (κ3) is 6.46. The van der Waals surface area contributed by atoms with Crippen molar-refractivity contribution < 1.29 is 37.0 Å². The largest absolute Gasteiger partial charge is 0.489 e. The van der Waals surface area contributed by atoms with Crippen LogP contribution in [0.2, 0.25) is 0 Å². The molecule has 3 aromatic rings. The first-order valence-electron chi connectivity index (χ1n) is 11.2. The number of ether oxygens (including phenoxy) is 3. The minimum Gasteiger partial charge on any atom is -0.489 e. The van der Waals surface area contributed by atoms with E-state index in [1.807, 2.05) is 0 Å². The number of carbonyl (C=O) groups is 2. The summed E-state index contributed by atoms with van der Waals surface area (Å²) in [6.07, 6.45) is 1.50. The molecule has 0 spiro atoms. The highest BCUT2D eigenvalue weighted by atomic mass is 19.3. The summed E-state index contributed by atoms with van der Waals surface area (Å²) in [7, 11) is 0. The quantitative estimate of drug-likeness (QED) is 0.398. The van der Waals surface area contributed by atoms with Crippen molar-refractivity contribution in [3.8, 4) is 23.0 Å². The average Bonchev–Trinajstić information content (AvgIpc) is 3.57. The third-order valence-electron chi connectivity index (χ3n) is 5.26. The fraction of sp³-hybridized carbons (Fsp3) is 0.333. The van der Waals surface area contributed by atoms with E-state index in [1.165, 1.54) is 25.1 Å². The zero-order chi connectivity index (χ0) is 25.7. The van der Waals surface area contributed by atoms with E-state index < -0.39 is 24.7 Å². The molecule has 0 bridgehead atoms. The van der Waals surface area contributed by atoms with Crippen LogP contribution in [0.1, 0.15) is 47.8 Å². The predicted octanol–water partition coefficient (Wildman–Crippen LogP) is 4.21. The molecule has 2 aromatic heterocycles. The third-order valence-corrected chi connectivity index (χ3v) is 5.26. The van der Waals surface area contributed by atoms with Gasteiger partial charge in [-0.2, -0.15) is 8.78 Å². The lowest BCUT2D eigenvalue weighted by Crippen LogP contribution is -2.25. The lowest BCUT2D eigenvalue weighted by molar-refractivity contribution is -0.0515. The summed E-state index contributed by atoms with van der Waals surface area (Å²) < 4.78 is 46.7. The van der Waals surface area contributed by atoms with Crippen molar-refractivity contribution in [1.29, 1.82) is 0 Å². The van der Waals surface area contributed by atoms with Gasteiger partial charge in [0.15, 0.2) is 29.1 Å². The molecule has 3 N–H and O–H groups in total. The number of halogens is 2. The van der Waals surface area contributed by atoms with Crippen LogP contribution in [0.4, 0.5) is 13.6 Å². The number of amides is 2. The van der Waals surface area contributed by atoms with Gasteiger partial charge in [-0.05, 0) is 56.0 Å². The standard InChI is InChI=1S/C24H24F2N4O6/c1-13(34-24(27)32)20-19(21(31)29-11-16-4-2-3-9-28-16)30-22(36-20)15-7-8-17(35-23(25)26)18(10-15)33-12-14-5-6-14/h2-4,7-10,13-14,23H,5-6,11-12H2,1H3,(H2,27,32)(H,29,31). The van der Waals surface area contributed by atoms with Crippen LogP contribution in [0.5, 0.6) is 11.5 Å². The van der Waals surface area contributed by atoms with E-state index in [0.717, 1.165) is 12.8 Å². The summed E-state index contributed by atoms with van der Waals surface area (Å²) in [6.45, 7) is -1.10. The maximum Gasteiger partial charge on any atom is 0.405 e. The number of nitrogens with one attached hydrogen (secondary N) is 1. The Balaban J connectivity index is 1.63. The number of carbonyl (C=O) groups excluding carboxylic acids is 2. The molecule has 12 heteroatoms. The first-order valence-corrected chi connectivity index (χ1v) is 11.2. The number of hydrogen-bond acceptors (Lipinski definition) is 8. The van der Waals surface area contributed by atoms with Gasteiger partial charge in [-0.1, -0.05) is 6.07 Å². The van der Waals surface area contributed by atoms with Crippen LogP contribution < -0.4 is 20.5 Å². The molecule has 1 atom stereocenters. The number of rotatable bonds is 11. The van der Waals surface area contributed by atoms with Crippen LogP contribution in [0, 0.1) is 5.92 Å². The number of oxazole rings is 1. The van der Waals surface area contributed by atoms with Gasteiger partial charge in [-0.3, -0.25) is 9.78 Å². The molecule has 4 rings (SSSR count). The van der Waals surface area contributed by atoms with Crippen LogP contribution in [0.3, 0.4) is 0 Å². The molecule has 1 saturated carbocycles. The molecule has 10 nitrogen and oxygen atoms in total. The van der Waals surface area contributed by atoms with Crippen LogP contribution in [0.25, 0.3) is 11.5 Å². The zero-order valence-corrected chi connectivity index (χ0v) is 19.3. The highest BCUT2D eigenvalue weighted by Crippen LogP contribution is 2.37. The molecule has 1 aliphatic rings. The molecule has 1 unspecified atom stereocenters. The minimum absolute atomic E-state index is 0.0206. The van der Waals surface area contributed by atoms with Crippen LogP contribution in [0.15, 0.2) is 47.0 Å². The Labute approximate surface area is 204 Å². The molecular weight excluding hydrogens is 478 g/mol. The van der Waals surface area contributed by atoms with Crippen LogP contribution in [-0.4, -0.2) is 35.2 Å². The van der Waals surface area contributed by atoms with Gasteiger partial charge in [-0.15, -0.1) is 0 Å². The SMILES string of the molecule is CC(OC(N)=O)c1oc(-c2ccc(OC(F)F)c(OCC3CC3)c2)nc1C(=O)NCc1ccccn1. The Morgan fingerprint density at radius 3 is 2.69 bits per heavy atom. The van der Waals surface area contributed by atoms with Crippen LogP contribution in [-0.2, 0) is 11.3 Å². The molecule has 1 aliphatic carbocycles. The van der Waals surface area contributed by atoms with Crippen molar-refractivity contribution in [2.45, 2.75) is 39.0 Å². The Morgan fingerprint density at radius 1 is 1.22 bits per heavy atom. The molecule has 1 aromatic carbocycles. The summed E-state index contributed by atoms with van der Waals surface area (Å²) in [5, 5.41) is 2.69. The first-order chi connectivity index (χ1) is 17.3. The smallest absolute Gasteiger partial charge is 0.405 e. The number of hydrogen-bond donors (Lipinski definition) is 2. The molecule has 2 heterocycles. The number of primary amides is 1. The van der Waals surface area contributed by atoms with Crippen molar-refractivity contribution in [3.05, 3.63) is 59.7 Å². The van der Waals surface area contributed by atoms with Gasteiger partial charge in [0.1, 0.15) is 0 Å². The van der Waals surface area contributed by atoms with Gasteiger partial charge >= 0.3 is 12.7 Å². The van der Waals surface area contributed by atoms with Crippen molar-refractivity contribution in [2.75, 3.05) is 6.61 Å². The van der Waals surface area contributed by atoms with Gasteiger partial charge in [0.05, 0.1) is 18.8 Å². The van der Waals surface area contributed by atoms with Gasteiger partial charge in [0.25, 0.3) is 5.91 Å². The first kappa shape index (κ1) is 24.9.